The number of hydrogen-bond donors (Lipinski definition) is 1. The largest absolute Gasteiger partial charge is 0.759 e. The van der Waals surface area contributed by atoms with Gasteiger partial charge in [-0.25, -0.2) is 0 Å². The third kappa shape index (κ3) is 7480. The normalized spacial score (nSPS) is 3.22. The van der Waals surface area contributed by atoms with E-state index in [9.17, 15) is 0 Å². The van der Waals surface area contributed by atoms with Crippen molar-refractivity contribution in [1.29, 1.82) is 0 Å². The highest BCUT2D eigenvalue weighted by atomic mass is 32.3. The topological polar surface area (TPSA) is 495 Å². The van der Waals surface area contributed by atoms with Gasteiger partial charge < -0.3 is 81.0 Å². The van der Waals surface area contributed by atoms with Gasteiger partial charge in [0.2, 0.25) is 0 Å². The van der Waals surface area contributed by atoms with Crippen molar-refractivity contribution < 1.29 is 83.2 Å². The molecule has 0 radical (unpaired) electrons. The summed E-state index contributed by atoms with van der Waals surface area (Å²) in [6.45, 7) is 0. The molecule has 0 amide bonds. The molecule has 0 aromatic carbocycles. The van der Waals surface area contributed by atoms with E-state index in [4.69, 9.17) is 17.5 Å². The second kappa shape index (κ2) is 135. The molecule has 0 unspecified atom stereocenters. The molecule has 0 rings (SSSR count). The van der Waals surface area contributed by atoms with Crippen molar-refractivity contribution in [2.24, 2.45) is 0 Å². The predicted octanol–water partition coefficient (Wildman–Crippen LogP) is -10.9. The van der Waals surface area contributed by atoms with Crippen molar-refractivity contribution in [3.05, 3.63) is 0 Å². The molecule has 0 saturated heterocycles. The second-order valence-corrected chi connectivity index (χ2v) is 1.22. The first-order chi connectivity index (χ1) is 2.00. The van der Waals surface area contributed by atoms with Crippen LogP contribution in [0.4, 0.5) is 0 Å². The Bertz CT molecular complexity index is 94.3. The Kier molecular flexibility index (Phi) is 3090. The van der Waals surface area contributed by atoms with Gasteiger partial charge in [-0.15, -0.1) is 0 Å². The highest BCUT2D eigenvalue weighted by molar-refractivity contribution is 7.79. The van der Waals surface area contributed by atoms with E-state index < -0.39 is 10.4 Å². The summed E-state index contributed by atoms with van der Waals surface area (Å²) in [6.07, 6.45) is 0. The quantitative estimate of drug-likeness (QED) is 0.333. The van der Waals surface area contributed by atoms with Crippen LogP contribution in [0.1, 0.15) is 0 Å². The predicted molar refractivity (Wildman–Crippen MR) is 59.8 cm³/mol. The summed E-state index contributed by atoms with van der Waals surface area (Å²) < 4.78 is 34.1. The summed E-state index contributed by atoms with van der Waals surface area (Å²) in [6, 6.07) is 0. The Morgan fingerprint density at radius 2 is 0.444 bits per heavy atom. The SMILES string of the molecule is O.O.O.O.O.O.O.O.O.O.O.O.O=S(=O)([O-])[O-].[NH4+]. The van der Waals surface area contributed by atoms with Crippen LogP contribution in [0.15, 0.2) is 0 Å². The first-order valence-electron chi connectivity index (χ1n) is 0.667. The average Bonchev–Trinajstić information content (AvgIpc) is 0.722. The first kappa shape index (κ1) is 413. The fraction of sp³-hybridized carbons (Fsp3) is 0. The van der Waals surface area contributed by atoms with E-state index in [1.165, 1.54) is 0 Å². The lowest BCUT2D eigenvalue weighted by Crippen LogP contribution is -1.91. The van der Waals surface area contributed by atoms with Crippen molar-refractivity contribution in [2.75, 3.05) is 0 Å². The van der Waals surface area contributed by atoms with E-state index in [0.717, 1.165) is 0 Å². The minimum atomic E-state index is -5.17. The smallest absolute Gasteiger partial charge is 0.0311 e. The number of hydrogen-bond acceptors (Lipinski definition) is 4. The van der Waals surface area contributed by atoms with Gasteiger partial charge in [0.25, 0.3) is 0 Å². The van der Waals surface area contributed by atoms with Crippen molar-refractivity contribution in [1.82, 2.24) is 6.15 Å². The number of rotatable bonds is 0. The maximum absolute atomic E-state index is 8.52. The van der Waals surface area contributed by atoms with Crippen LogP contribution >= 0.6 is 0 Å². The molecule has 17 nitrogen and oxygen atoms in total. The first-order valence-corrected chi connectivity index (χ1v) is 2.00. The molecule has 0 atom stereocenters. The zero-order valence-electron chi connectivity index (χ0n) is 9.04. The fourth-order valence-electron chi connectivity index (χ4n) is 0. The molecule has 0 bridgehead atoms. The van der Waals surface area contributed by atoms with Gasteiger partial charge >= 0.3 is 0 Å². The molecule has 18 heteroatoms. The van der Waals surface area contributed by atoms with Crippen LogP contribution in [-0.2, 0) is 10.4 Å². The molecule has 0 aromatic heterocycles. The van der Waals surface area contributed by atoms with Crippen LogP contribution in [0.2, 0.25) is 0 Å². The zero-order chi connectivity index (χ0) is 4.50. The minimum Gasteiger partial charge on any atom is -0.759 e. The van der Waals surface area contributed by atoms with Gasteiger partial charge in [-0.3, -0.25) is 8.42 Å². The third-order valence-electron chi connectivity index (χ3n) is 0. The van der Waals surface area contributed by atoms with Crippen molar-refractivity contribution >= 4 is 10.4 Å². The molecule has 0 aromatic rings. The van der Waals surface area contributed by atoms with Crippen LogP contribution < -0.4 is 6.15 Å². The highest BCUT2D eigenvalue weighted by Gasteiger charge is 1.49. The van der Waals surface area contributed by atoms with Gasteiger partial charge in [0.1, 0.15) is 0 Å². The fourth-order valence-corrected chi connectivity index (χ4v) is 0. The summed E-state index contributed by atoms with van der Waals surface area (Å²) >= 11 is 0. The molecule has 0 aliphatic carbocycles. The maximum Gasteiger partial charge on any atom is 0.0311 e. The van der Waals surface area contributed by atoms with Crippen LogP contribution in [0.5, 0.6) is 0 Å². The molecular weight excluding hydrogens is 302 g/mol. The Morgan fingerprint density at radius 3 is 0.444 bits per heavy atom. The summed E-state index contributed by atoms with van der Waals surface area (Å²) in [5.74, 6) is 0. The van der Waals surface area contributed by atoms with E-state index in [2.05, 4.69) is 0 Å². The minimum absolute atomic E-state index is 0. The molecule has 136 valence electrons. The van der Waals surface area contributed by atoms with Gasteiger partial charge in [0, 0.05) is 10.4 Å². The lowest BCUT2D eigenvalue weighted by atomic mass is 14.0. The summed E-state index contributed by atoms with van der Waals surface area (Å²) in [7, 11) is -5.17. The van der Waals surface area contributed by atoms with E-state index in [-0.39, 0.29) is 71.9 Å². The summed E-state index contributed by atoms with van der Waals surface area (Å²) in [5.41, 5.74) is 0. The van der Waals surface area contributed by atoms with Gasteiger partial charge in [0.15, 0.2) is 0 Å². The van der Waals surface area contributed by atoms with Crippen LogP contribution in [0.3, 0.4) is 0 Å². The van der Waals surface area contributed by atoms with Crippen LogP contribution in [-0.4, -0.2) is 83.2 Å². The molecule has 0 aliphatic heterocycles. The van der Waals surface area contributed by atoms with Crippen LogP contribution in [0.25, 0.3) is 0 Å². The standard InChI is InChI=1S/H3N.H2O4S.12H2O/c;1-5(2,3)4;;;;;;;;;;;;/h1H3;(H2,1,2,3,4);12*1H2/p-1. The van der Waals surface area contributed by atoms with E-state index in [1.54, 1.807) is 0 Å². The maximum atomic E-state index is 8.52. The molecule has 28 N–H and O–H groups in total. The molecule has 0 saturated carbocycles. The lowest BCUT2D eigenvalue weighted by Gasteiger charge is -2.06. The van der Waals surface area contributed by atoms with Crippen LogP contribution in [0, 0.1) is 0 Å². The van der Waals surface area contributed by atoms with Gasteiger partial charge in [-0.1, -0.05) is 0 Å². The monoisotopic (exact) mass is 330 g/mol. The average molecular weight is 330 g/mol. The van der Waals surface area contributed by atoms with E-state index in [0.29, 0.717) is 0 Å². The number of quaternary nitrogens is 1. The molecular formula is H28NO16S-. The molecule has 0 heterocycles. The Labute approximate surface area is 101 Å². The highest BCUT2D eigenvalue weighted by Crippen LogP contribution is 1.57. The Balaban J connectivity index is -0.00000000103. The van der Waals surface area contributed by atoms with E-state index in [1.807, 2.05) is 0 Å². The lowest BCUT2D eigenvalue weighted by molar-refractivity contribution is 0.352. The zero-order valence-corrected chi connectivity index (χ0v) is 9.86. The van der Waals surface area contributed by atoms with Crippen molar-refractivity contribution in [2.45, 2.75) is 0 Å². The third-order valence-corrected chi connectivity index (χ3v) is 0. The molecule has 0 fully saturated rings. The molecule has 0 spiro atoms. The second-order valence-electron chi connectivity index (χ2n) is 0.408. The van der Waals surface area contributed by atoms with E-state index >= 15 is 0 Å². The van der Waals surface area contributed by atoms with Gasteiger partial charge in [0.05, 0.1) is 0 Å². The van der Waals surface area contributed by atoms with Gasteiger partial charge in [-0.2, -0.15) is 0 Å². The molecule has 18 heavy (non-hydrogen) atoms. The van der Waals surface area contributed by atoms with Crippen molar-refractivity contribution in [3.63, 3.8) is 0 Å². The van der Waals surface area contributed by atoms with Gasteiger partial charge in [-0.05, 0) is 0 Å². The Hall–Kier alpha value is -0.650. The molecule has 0 aliphatic rings. The Morgan fingerprint density at radius 1 is 0.444 bits per heavy atom. The van der Waals surface area contributed by atoms with Crippen molar-refractivity contribution in [3.8, 4) is 0 Å². The summed E-state index contributed by atoms with van der Waals surface area (Å²) in [5, 5.41) is 0. The summed E-state index contributed by atoms with van der Waals surface area (Å²) in [4.78, 5) is 0.